The van der Waals surface area contributed by atoms with E-state index in [1.807, 2.05) is 66.5 Å². The van der Waals surface area contributed by atoms with Gasteiger partial charge in [-0.1, -0.05) is 105 Å². The summed E-state index contributed by atoms with van der Waals surface area (Å²) in [6.45, 7) is 6.28. The number of Topliss-reactive ketones (excluding diaryl/α,β-unsaturated/α-hetero) is 1. The van der Waals surface area contributed by atoms with Gasteiger partial charge in [-0.3, -0.25) is 9.80 Å². The van der Waals surface area contributed by atoms with E-state index in [0.29, 0.717) is 18.5 Å². The molecule has 1 saturated carbocycles. The summed E-state index contributed by atoms with van der Waals surface area (Å²) in [6.07, 6.45) is 1.15. The molecule has 5 rings (SSSR count). The number of rotatable bonds is 6. The standard InChI is InChI=1S/C31H32N2O3/c1-4-36-29(35)28-26-27(25(34)20-21-30(26,2)3)32-33(28)31(22-14-8-5-9-15-22,23-16-10-6-11-17-23)24-18-12-7-13-19-24/h5-19,27,32H,4,20-21H2,1-3H3. The largest absolute Gasteiger partial charge is 0.461 e. The van der Waals surface area contributed by atoms with Crippen LogP contribution < -0.4 is 5.43 Å². The highest BCUT2D eigenvalue weighted by molar-refractivity contribution is 5.97. The van der Waals surface area contributed by atoms with E-state index in [1.54, 1.807) is 0 Å². The molecule has 1 aliphatic heterocycles. The van der Waals surface area contributed by atoms with E-state index >= 15 is 0 Å². The molecule has 0 spiro atoms. The molecular weight excluding hydrogens is 448 g/mol. The molecule has 1 unspecified atom stereocenters. The van der Waals surface area contributed by atoms with Crippen molar-refractivity contribution in [2.24, 2.45) is 5.41 Å². The lowest BCUT2D eigenvalue weighted by atomic mass is 9.70. The maximum Gasteiger partial charge on any atom is 0.356 e. The zero-order chi connectivity index (χ0) is 25.3. The average Bonchev–Trinajstić information content (AvgIpc) is 3.32. The number of fused-ring (bicyclic) bond motifs is 1. The van der Waals surface area contributed by atoms with E-state index < -0.39 is 17.6 Å². The molecule has 36 heavy (non-hydrogen) atoms. The van der Waals surface area contributed by atoms with Crippen molar-refractivity contribution in [2.45, 2.75) is 45.2 Å². The Morgan fingerprint density at radius 1 is 0.917 bits per heavy atom. The number of ketones is 1. The highest BCUT2D eigenvalue weighted by Gasteiger charge is 2.55. The first-order valence-corrected chi connectivity index (χ1v) is 12.6. The molecule has 2 aliphatic rings. The van der Waals surface area contributed by atoms with E-state index in [4.69, 9.17) is 4.74 Å². The van der Waals surface area contributed by atoms with Crippen molar-refractivity contribution in [1.29, 1.82) is 0 Å². The molecular formula is C31H32N2O3. The second-order valence-corrected chi connectivity index (χ2v) is 10.0. The summed E-state index contributed by atoms with van der Waals surface area (Å²) >= 11 is 0. The molecule has 0 saturated heterocycles. The van der Waals surface area contributed by atoms with Gasteiger partial charge >= 0.3 is 5.97 Å². The van der Waals surface area contributed by atoms with Gasteiger partial charge < -0.3 is 4.74 Å². The van der Waals surface area contributed by atoms with Gasteiger partial charge in [0.25, 0.3) is 0 Å². The summed E-state index contributed by atoms with van der Waals surface area (Å²) in [5.41, 5.74) is 6.40. The number of nitrogens with zero attached hydrogens (tertiary/aromatic N) is 1. The number of esters is 1. The fourth-order valence-corrected chi connectivity index (χ4v) is 5.76. The third-order valence-electron chi connectivity index (χ3n) is 7.45. The van der Waals surface area contributed by atoms with Crippen LogP contribution >= 0.6 is 0 Å². The predicted molar refractivity (Wildman–Crippen MR) is 140 cm³/mol. The van der Waals surface area contributed by atoms with Gasteiger partial charge in [-0.15, -0.1) is 0 Å². The van der Waals surface area contributed by atoms with Crippen molar-refractivity contribution in [3.63, 3.8) is 0 Å². The summed E-state index contributed by atoms with van der Waals surface area (Å²) in [4.78, 5) is 27.1. The molecule has 1 heterocycles. The zero-order valence-electron chi connectivity index (χ0n) is 21.0. The summed E-state index contributed by atoms with van der Waals surface area (Å²) in [5, 5.41) is 1.93. The molecule has 3 aromatic rings. The number of hydrogen-bond acceptors (Lipinski definition) is 5. The molecule has 5 nitrogen and oxygen atoms in total. The highest BCUT2D eigenvalue weighted by Crippen LogP contribution is 2.51. The second-order valence-electron chi connectivity index (χ2n) is 10.0. The Labute approximate surface area is 212 Å². The van der Waals surface area contributed by atoms with Crippen LogP contribution in [0.1, 0.15) is 50.3 Å². The number of benzene rings is 3. The Kier molecular flexibility index (Phi) is 6.27. The van der Waals surface area contributed by atoms with Crippen LogP contribution in [0.4, 0.5) is 0 Å². The summed E-state index contributed by atoms with van der Waals surface area (Å²) in [6, 6.07) is 29.8. The maximum atomic E-state index is 13.8. The first-order valence-electron chi connectivity index (χ1n) is 12.6. The summed E-state index contributed by atoms with van der Waals surface area (Å²) in [5.74, 6) is -0.325. The Hall–Kier alpha value is -3.70. The summed E-state index contributed by atoms with van der Waals surface area (Å²) < 4.78 is 5.65. The average molecular weight is 481 g/mol. The third kappa shape index (κ3) is 3.75. The van der Waals surface area contributed by atoms with E-state index in [2.05, 4.69) is 55.7 Å². The number of carbonyl (C=O) groups is 2. The van der Waals surface area contributed by atoms with Gasteiger partial charge in [0, 0.05) is 6.42 Å². The molecule has 0 aromatic heterocycles. The van der Waals surface area contributed by atoms with Gasteiger partial charge in [-0.05, 0) is 41.0 Å². The summed E-state index contributed by atoms with van der Waals surface area (Å²) in [7, 11) is 0. The molecule has 3 aromatic carbocycles. The number of carbonyl (C=O) groups excluding carboxylic acids is 2. The van der Waals surface area contributed by atoms with Crippen molar-refractivity contribution in [3.8, 4) is 0 Å². The first-order chi connectivity index (χ1) is 17.4. The number of hydrogen-bond donors (Lipinski definition) is 1. The Balaban J connectivity index is 1.89. The lowest BCUT2D eigenvalue weighted by molar-refractivity contribution is -0.141. The number of ether oxygens (including phenoxy) is 1. The van der Waals surface area contributed by atoms with E-state index in [-0.39, 0.29) is 17.8 Å². The molecule has 184 valence electrons. The van der Waals surface area contributed by atoms with Crippen LogP contribution in [0, 0.1) is 5.41 Å². The van der Waals surface area contributed by atoms with Crippen LogP contribution in [0.15, 0.2) is 102 Å². The zero-order valence-corrected chi connectivity index (χ0v) is 21.0. The van der Waals surface area contributed by atoms with Crippen LogP contribution in [0.5, 0.6) is 0 Å². The quantitative estimate of drug-likeness (QED) is 0.380. The van der Waals surface area contributed by atoms with Crippen molar-refractivity contribution in [3.05, 3.63) is 119 Å². The monoisotopic (exact) mass is 480 g/mol. The minimum absolute atomic E-state index is 0.0942. The second kappa shape index (κ2) is 9.40. The fraction of sp³-hybridized carbons (Fsp3) is 0.290. The maximum absolute atomic E-state index is 13.8. The lowest BCUT2D eigenvalue weighted by Gasteiger charge is -2.45. The van der Waals surface area contributed by atoms with Crippen molar-refractivity contribution in [1.82, 2.24) is 10.4 Å². The number of hydrazine groups is 1. The molecule has 5 heteroatoms. The smallest absolute Gasteiger partial charge is 0.356 e. The molecule has 0 radical (unpaired) electrons. The van der Waals surface area contributed by atoms with E-state index in [0.717, 1.165) is 22.3 Å². The van der Waals surface area contributed by atoms with Gasteiger partial charge in [0.15, 0.2) is 5.78 Å². The molecule has 0 bridgehead atoms. The van der Waals surface area contributed by atoms with Crippen LogP contribution in [-0.2, 0) is 19.9 Å². The highest BCUT2D eigenvalue weighted by atomic mass is 16.5. The normalized spacial score (nSPS) is 19.2. The van der Waals surface area contributed by atoms with Gasteiger partial charge in [0.1, 0.15) is 17.3 Å². The Morgan fingerprint density at radius 2 is 1.39 bits per heavy atom. The van der Waals surface area contributed by atoms with Crippen molar-refractivity contribution in [2.75, 3.05) is 6.61 Å². The van der Waals surface area contributed by atoms with Crippen LogP contribution in [0.2, 0.25) is 0 Å². The van der Waals surface area contributed by atoms with Gasteiger partial charge in [0.2, 0.25) is 0 Å². The molecule has 1 fully saturated rings. The van der Waals surface area contributed by atoms with Gasteiger partial charge in [-0.25, -0.2) is 10.2 Å². The molecule has 1 aliphatic carbocycles. The molecule has 1 atom stereocenters. The van der Waals surface area contributed by atoms with Gasteiger partial charge in [-0.2, -0.15) is 0 Å². The van der Waals surface area contributed by atoms with Crippen LogP contribution in [-0.4, -0.2) is 29.4 Å². The lowest BCUT2D eigenvalue weighted by Crippen LogP contribution is -2.56. The minimum Gasteiger partial charge on any atom is -0.461 e. The first kappa shape index (κ1) is 24.0. The predicted octanol–water partition coefficient (Wildman–Crippen LogP) is 5.37. The van der Waals surface area contributed by atoms with E-state index in [1.165, 1.54) is 0 Å². The van der Waals surface area contributed by atoms with Crippen molar-refractivity contribution >= 4 is 11.8 Å². The molecule has 0 amide bonds. The van der Waals surface area contributed by atoms with Crippen LogP contribution in [0.3, 0.4) is 0 Å². The topological polar surface area (TPSA) is 58.6 Å². The molecule has 1 N–H and O–H groups in total. The minimum atomic E-state index is -0.938. The SMILES string of the molecule is CCOC(=O)C1=C2C(NN1C(c1ccccc1)(c1ccccc1)c1ccccc1)C(=O)CCC2(C)C. The Bertz CT molecular complexity index is 1190. The fourth-order valence-electron chi connectivity index (χ4n) is 5.76. The van der Waals surface area contributed by atoms with E-state index in [9.17, 15) is 9.59 Å². The third-order valence-corrected chi connectivity index (χ3v) is 7.45. The number of nitrogens with one attached hydrogen (secondary N) is 1. The van der Waals surface area contributed by atoms with Gasteiger partial charge in [0.05, 0.1) is 6.61 Å². The van der Waals surface area contributed by atoms with Crippen molar-refractivity contribution < 1.29 is 14.3 Å². The van der Waals surface area contributed by atoms with Crippen LogP contribution in [0.25, 0.3) is 0 Å². The Morgan fingerprint density at radius 3 is 1.83 bits per heavy atom.